The Hall–Kier alpha value is -1.22. The SMILES string of the molecule is CCOC(=O)C(C)(CC(C)C)Nc1cccc(Cl)c1. The van der Waals surface area contributed by atoms with E-state index in [9.17, 15) is 4.79 Å². The van der Waals surface area contributed by atoms with E-state index in [2.05, 4.69) is 19.2 Å². The average Bonchev–Trinajstić information content (AvgIpc) is 2.27. The Kier molecular flexibility index (Phi) is 5.67. The molecule has 1 aromatic carbocycles. The van der Waals surface area contributed by atoms with Crippen LogP contribution in [0.2, 0.25) is 5.02 Å². The fourth-order valence-corrected chi connectivity index (χ4v) is 2.37. The first-order valence-electron chi connectivity index (χ1n) is 6.58. The smallest absolute Gasteiger partial charge is 0.331 e. The number of nitrogens with one attached hydrogen (secondary N) is 1. The zero-order chi connectivity index (χ0) is 14.5. The topological polar surface area (TPSA) is 38.3 Å². The Balaban J connectivity index is 2.93. The van der Waals surface area contributed by atoms with Crippen molar-refractivity contribution in [3.8, 4) is 0 Å². The van der Waals surface area contributed by atoms with E-state index in [-0.39, 0.29) is 5.97 Å². The summed E-state index contributed by atoms with van der Waals surface area (Å²) in [5.41, 5.74) is 0.0817. The first-order valence-corrected chi connectivity index (χ1v) is 6.96. The molecule has 3 nitrogen and oxygen atoms in total. The Bertz CT molecular complexity index is 434. The molecule has 0 fully saturated rings. The molecule has 0 aliphatic carbocycles. The Morgan fingerprint density at radius 1 is 1.47 bits per heavy atom. The third kappa shape index (κ3) is 4.75. The van der Waals surface area contributed by atoms with Crippen LogP contribution in [-0.4, -0.2) is 18.1 Å². The van der Waals surface area contributed by atoms with Crippen LogP contribution in [-0.2, 0) is 9.53 Å². The van der Waals surface area contributed by atoms with Crippen LogP contribution in [0.1, 0.15) is 34.1 Å². The molecule has 0 aliphatic rings. The molecule has 1 aromatic rings. The first kappa shape index (κ1) is 15.8. The molecule has 0 aromatic heterocycles. The van der Waals surface area contributed by atoms with Gasteiger partial charge in [-0.2, -0.15) is 0 Å². The maximum atomic E-state index is 12.2. The second-order valence-corrected chi connectivity index (χ2v) is 5.72. The van der Waals surface area contributed by atoms with Crippen LogP contribution in [0.5, 0.6) is 0 Å². The number of rotatable bonds is 6. The van der Waals surface area contributed by atoms with Gasteiger partial charge in [-0.1, -0.05) is 31.5 Å². The predicted molar refractivity (Wildman–Crippen MR) is 79.6 cm³/mol. The van der Waals surface area contributed by atoms with Crippen molar-refractivity contribution in [2.45, 2.75) is 39.7 Å². The van der Waals surface area contributed by atoms with E-state index in [4.69, 9.17) is 16.3 Å². The minimum Gasteiger partial charge on any atom is -0.464 e. The average molecular weight is 284 g/mol. The summed E-state index contributed by atoms with van der Waals surface area (Å²) in [5, 5.41) is 3.89. The van der Waals surface area contributed by atoms with Crippen LogP contribution < -0.4 is 5.32 Å². The van der Waals surface area contributed by atoms with Gasteiger partial charge in [0.15, 0.2) is 0 Å². The molecule has 0 radical (unpaired) electrons. The third-order valence-corrected chi connectivity index (χ3v) is 3.02. The third-order valence-electron chi connectivity index (χ3n) is 2.79. The molecule has 0 saturated carbocycles. The van der Waals surface area contributed by atoms with E-state index >= 15 is 0 Å². The summed E-state index contributed by atoms with van der Waals surface area (Å²) in [6, 6.07) is 7.35. The number of hydrogen-bond acceptors (Lipinski definition) is 3. The molecule has 1 rings (SSSR count). The minimum atomic E-state index is -0.741. The van der Waals surface area contributed by atoms with Crippen LogP contribution >= 0.6 is 11.6 Å². The lowest BCUT2D eigenvalue weighted by molar-refractivity contribution is -0.148. The van der Waals surface area contributed by atoms with Crippen molar-refractivity contribution in [3.63, 3.8) is 0 Å². The lowest BCUT2D eigenvalue weighted by Gasteiger charge is -2.31. The summed E-state index contributed by atoms with van der Waals surface area (Å²) in [4.78, 5) is 12.2. The minimum absolute atomic E-state index is 0.233. The molecule has 106 valence electrons. The lowest BCUT2D eigenvalue weighted by Crippen LogP contribution is -2.45. The number of ether oxygens (including phenoxy) is 1. The van der Waals surface area contributed by atoms with Crippen molar-refractivity contribution in [1.82, 2.24) is 0 Å². The zero-order valence-corrected chi connectivity index (χ0v) is 12.8. The van der Waals surface area contributed by atoms with E-state index < -0.39 is 5.54 Å². The highest BCUT2D eigenvalue weighted by Crippen LogP contribution is 2.25. The van der Waals surface area contributed by atoms with Gasteiger partial charge in [0.2, 0.25) is 0 Å². The summed E-state index contributed by atoms with van der Waals surface area (Å²) < 4.78 is 5.18. The summed E-state index contributed by atoms with van der Waals surface area (Å²) >= 11 is 5.96. The lowest BCUT2D eigenvalue weighted by atomic mass is 9.90. The molecule has 0 saturated heterocycles. The van der Waals surface area contributed by atoms with Crippen molar-refractivity contribution in [2.75, 3.05) is 11.9 Å². The van der Waals surface area contributed by atoms with E-state index in [1.165, 1.54) is 0 Å². The molecule has 0 amide bonds. The van der Waals surface area contributed by atoms with Crippen LogP contribution in [0.3, 0.4) is 0 Å². The first-order chi connectivity index (χ1) is 8.87. The van der Waals surface area contributed by atoms with Crippen LogP contribution in [0.15, 0.2) is 24.3 Å². The molecule has 19 heavy (non-hydrogen) atoms. The monoisotopic (exact) mass is 283 g/mol. The van der Waals surface area contributed by atoms with E-state index in [0.29, 0.717) is 24.0 Å². The van der Waals surface area contributed by atoms with Crippen molar-refractivity contribution in [1.29, 1.82) is 0 Å². The number of carbonyl (C=O) groups is 1. The molecule has 4 heteroatoms. The second kappa shape index (κ2) is 6.80. The number of esters is 1. The number of halogens is 1. The van der Waals surface area contributed by atoms with Crippen molar-refractivity contribution >= 4 is 23.3 Å². The van der Waals surface area contributed by atoms with Gasteiger partial charge in [-0.3, -0.25) is 0 Å². The fraction of sp³-hybridized carbons (Fsp3) is 0.533. The standard InChI is InChI=1S/C15H22ClNO2/c1-5-19-14(18)15(4,10-11(2)3)17-13-8-6-7-12(16)9-13/h6-9,11,17H,5,10H2,1-4H3. The molecule has 1 N–H and O–H groups in total. The highest BCUT2D eigenvalue weighted by atomic mass is 35.5. The molecule has 0 heterocycles. The van der Waals surface area contributed by atoms with Crippen molar-refractivity contribution in [2.24, 2.45) is 5.92 Å². The summed E-state index contributed by atoms with van der Waals surface area (Å²) in [6.07, 6.45) is 0.693. The molecule has 1 unspecified atom stereocenters. The highest BCUT2D eigenvalue weighted by Gasteiger charge is 2.35. The molecular weight excluding hydrogens is 262 g/mol. The van der Waals surface area contributed by atoms with Gasteiger partial charge in [-0.05, 0) is 44.4 Å². The molecule has 0 aliphatic heterocycles. The summed E-state index contributed by atoms with van der Waals surface area (Å²) in [6.45, 7) is 8.22. The van der Waals surface area contributed by atoms with Crippen molar-refractivity contribution in [3.05, 3.63) is 29.3 Å². The molecule has 0 bridgehead atoms. The van der Waals surface area contributed by atoms with E-state index in [0.717, 1.165) is 5.69 Å². The predicted octanol–water partition coefficient (Wildman–Crippen LogP) is 4.12. The van der Waals surface area contributed by atoms with Gasteiger partial charge in [0.25, 0.3) is 0 Å². The van der Waals surface area contributed by atoms with Gasteiger partial charge in [0, 0.05) is 10.7 Å². The molecule has 0 spiro atoms. The Labute approximate surface area is 120 Å². The van der Waals surface area contributed by atoms with Crippen LogP contribution in [0.4, 0.5) is 5.69 Å². The maximum Gasteiger partial charge on any atom is 0.331 e. The van der Waals surface area contributed by atoms with Gasteiger partial charge < -0.3 is 10.1 Å². The molecule has 1 atom stereocenters. The number of hydrogen-bond donors (Lipinski definition) is 1. The largest absolute Gasteiger partial charge is 0.464 e. The molecular formula is C15H22ClNO2. The quantitative estimate of drug-likeness (QED) is 0.798. The Morgan fingerprint density at radius 2 is 2.16 bits per heavy atom. The number of benzene rings is 1. The second-order valence-electron chi connectivity index (χ2n) is 5.29. The number of carbonyl (C=O) groups excluding carboxylic acids is 1. The summed E-state index contributed by atoms with van der Waals surface area (Å²) in [7, 11) is 0. The van der Waals surface area contributed by atoms with Gasteiger partial charge >= 0.3 is 5.97 Å². The fourth-order valence-electron chi connectivity index (χ4n) is 2.18. The van der Waals surface area contributed by atoms with Crippen LogP contribution in [0, 0.1) is 5.92 Å². The maximum absolute atomic E-state index is 12.2. The van der Waals surface area contributed by atoms with Gasteiger partial charge in [-0.15, -0.1) is 0 Å². The van der Waals surface area contributed by atoms with Gasteiger partial charge in [0.05, 0.1) is 6.61 Å². The van der Waals surface area contributed by atoms with Gasteiger partial charge in [-0.25, -0.2) is 4.79 Å². The van der Waals surface area contributed by atoms with Crippen LogP contribution in [0.25, 0.3) is 0 Å². The summed E-state index contributed by atoms with van der Waals surface area (Å²) in [5.74, 6) is 0.143. The van der Waals surface area contributed by atoms with E-state index in [1.54, 1.807) is 12.1 Å². The van der Waals surface area contributed by atoms with Gasteiger partial charge in [0.1, 0.15) is 5.54 Å². The Morgan fingerprint density at radius 3 is 2.68 bits per heavy atom. The van der Waals surface area contributed by atoms with Crippen molar-refractivity contribution < 1.29 is 9.53 Å². The zero-order valence-electron chi connectivity index (χ0n) is 12.0. The number of anilines is 1. The normalized spacial score (nSPS) is 14.0. The van der Waals surface area contributed by atoms with E-state index in [1.807, 2.05) is 26.0 Å². The highest BCUT2D eigenvalue weighted by molar-refractivity contribution is 6.30.